The van der Waals surface area contributed by atoms with Crippen LogP contribution in [-0.4, -0.2) is 16.1 Å². The van der Waals surface area contributed by atoms with Gasteiger partial charge in [-0.3, -0.25) is 4.57 Å². The molecular weight excluding hydrogens is 255 g/mol. The van der Waals surface area contributed by atoms with E-state index in [2.05, 4.69) is 24.1 Å². The highest BCUT2D eigenvalue weighted by atomic mass is 19.1. The fourth-order valence-electron chi connectivity index (χ4n) is 2.03. The molecule has 1 heterocycles. The zero-order chi connectivity index (χ0) is 14.5. The first-order chi connectivity index (χ1) is 9.63. The lowest BCUT2D eigenvalue weighted by atomic mass is 10.1. The third-order valence-corrected chi connectivity index (χ3v) is 2.92. The summed E-state index contributed by atoms with van der Waals surface area (Å²) in [6, 6.07) is 6.89. The van der Waals surface area contributed by atoms with E-state index in [0.717, 1.165) is 12.1 Å². The SMILES string of the molecule is CC(C)CNCc1cccc(F)c1-n1ccnc1C#N. The highest BCUT2D eigenvalue weighted by Crippen LogP contribution is 2.20. The topological polar surface area (TPSA) is 53.6 Å². The molecule has 0 aliphatic rings. The average molecular weight is 272 g/mol. The van der Waals surface area contributed by atoms with Crippen LogP contribution in [-0.2, 0) is 6.54 Å². The quantitative estimate of drug-likeness (QED) is 0.910. The maximum Gasteiger partial charge on any atom is 0.217 e. The summed E-state index contributed by atoms with van der Waals surface area (Å²) >= 11 is 0. The molecule has 0 saturated heterocycles. The Labute approximate surface area is 117 Å². The molecule has 2 rings (SSSR count). The summed E-state index contributed by atoms with van der Waals surface area (Å²) in [5, 5.41) is 12.3. The fraction of sp³-hybridized carbons (Fsp3) is 0.333. The first-order valence-electron chi connectivity index (χ1n) is 6.55. The first-order valence-corrected chi connectivity index (χ1v) is 6.55. The summed E-state index contributed by atoms with van der Waals surface area (Å²) in [6.45, 7) is 5.63. The van der Waals surface area contributed by atoms with Gasteiger partial charge in [0.2, 0.25) is 5.82 Å². The second-order valence-corrected chi connectivity index (χ2v) is 5.00. The second-order valence-electron chi connectivity index (χ2n) is 5.00. The Morgan fingerprint density at radius 2 is 2.25 bits per heavy atom. The first kappa shape index (κ1) is 14.2. The van der Waals surface area contributed by atoms with Crippen LogP contribution in [0.2, 0.25) is 0 Å². The predicted octanol–water partition coefficient (Wildman–Crippen LogP) is 2.63. The van der Waals surface area contributed by atoms with Crippen LogP contribution in [0.15, 0.2) is 30.6 Å². The van der Waals surface area contributed by atoms with Crippen molar-refractivity contribution in [3.8, 4) is 11.8 Å². The molecule has 2 aromatic rings. The molecule has 0 aliphatic heterocycles. The zero-order valence-electron chi connectivity index (χ0n) is 11.6. The highest BCUT2D eigenvalue weighted by Gasteiger charge is 2.13. The second kappa shape index (κ2) is 6.31. The molecule has 0 atom stereocenters. The van der Waals surface area contributed by atoms with E-state index in [9.17, 15) is 4.39 Å². The molecule has 0 fully saturated rings. The number of benzene rings is 1. The summed E-state index contributed by atoms with van der Waals surface area (Å²) in [6.07, 6.45) is 3.10. The van der Waals surface area contributed by atoms with Crippen molar-refractivity contribution in [2.45, 2.75) is 20.4 Å². The van der Waals surface area contributed by atoms with Gasteiger partial charge in [-0.05, 0) is 24.1 Å². The van der Waals surface area contributed by atoms with Crippen LogP contribution < -0.4 is 5.32 Å². The van der Waals surface area contributed by atoms with E-state index in [1.165, 1.54) is 16.8 Å². The number of para-hydroxylation sites is 1. The third-order valence-electron chi connectivity index (χ3n) is 2.92. The molecule has 0 aliphatic carbocycles. The van der Waals surface area contributed by atoms with Crippen LogP contribution in [0.1, 0.15) is 25.2 Å². The molecule has 0 spiro atoms. The summed E-state index contributed by atoms with van der Waals surface area (Å²) in [5.41, 5.74) is 1.19. The summed E-state index contributed by atoms with van der Waals surface area (Å²) in [5.74, 6) is 0.346. The van der Waals surface area contributed by atoms with Gasteiger partial charge in [0, 0.05) is 18.9 Å². The van der Waals surface area contributed by atoms with Crippen LogP contribution in [0.3, 0.4) is 0 Å². The molecule has 0 radical (unpaired) electrons. The number of nitriles is 1. The lowest BCUT2D eigenvalue weighted by Gasteiger charge is -2.13. The van der Waals surface area contributed by atoms with E-state index in [4.69, 9.17) is 5.26 Å². The van der Waals surface area contributed by atoms with Crippen LogP contribution in [0.25, 0.3) is 5.69 Å². The van der Waals surface area contributed by atoms with Gasteiger partial charge in [-0.15, -0.1) is 0 Å². The van der Waals surface area contributed by atoms with Gasteiger partial charge in [-0.25, -0.2) is 9.37 Å². The lowest BCUT2D eigenvalue weighted by Crippen LogP contribution is -2.20. The van der Waals surface area contributed by atoms with Gasteiger partial charge in [0.25, 0.3) is 0 Å². The van der Waals surface area contributed by atoms with E-state index >= 15 is 0 Å². The monoisotopic (exact) mass is 272 g/mol. The molecule has 4 nitrogen and oxygen atoms in total. The number of hydrogen-bond acceptors (Lipinski definition) is 3. The molecular formula is C15H17FN4. The van der Waals surface area contributed by atoms with Gasteiger partial charge in [0.05, 0.1) is 5.69 Å². The number of halogens is 1. The van der Waals surface area contributed by atoms with Gasteiger partial charge in [-0.2, -0.15) is 5.26 Å². The number of hydrogen-bond donors (Lipinski definition) is 1. The van der Waals surface area contributed by atoms with Crippen molar-refractivity contribution in [2.24, 2.45) is 5.92 Å². The number of rotatable bonds is 5. The standard InChI is InChI=1S/C15H17FN4/c1-11(2)9-18-10-12-4-3-5-13(16)15(12)20-7-6-19-14(20)8-17/h3-7,11,18H,9-10H2,1-2H3. The predicted molar refractivity (Wildman–Crippen MR) is 74.8 cm³/mol. The largest absolute Gasteiger partial charge is 0.312 e. The average Bonchev–Trinajstić information content (AvgIpc) is 2.86. The van der Waals surface area contributed by atoms with E-state index in [0.29, 0.717) is 18.2 Å². The molecule has 0 amide bonds. The summed E-state index contributed by atoms with van der Waals surface area (Å²) in [4.78, 5) is 3.92. The van der Waals surface area contributed by atoms with Crippen molar-refractivity contribution in [3.05, 3.63) is 47.8 Å². The summed E-state index contributed by atoms with van der Waals surface area (Å²) in [7, 11) is 0. The van der Waals surface area contributed by atoms with Crippen LogP contribution >= 0.6 is 0 Å². The smallest absolute Gasteiger partial charge is 0.217 e. The summed E-state index contributed by atoms with van der Waals surface area (Å²) < 4.78 is 15.6. The van der Waals surface area contributed by atoms with Crippen molar-refractivity contribution in [1.82, 2.24) is 14.9 Å². The molecule has 0 unspecified atom stereocenters. The van der Waals surface area contributed by atoms with Crippen molar-refractivity contribution in [2.75, 3.05) is 6.54 Å². The number of nitrogens with zero attached hydrogens (tertiary/aromatic N) is 3. The maximum absolute atomic E-state index is 14.1. The Morgan fingerprint density at radius 3 is 2.95 bits per heavy atom. The molecule has 0 saturated carbocycles. The number of nitrogens with one attached hydrogen (secondary N) is 1. The van der Waals surface area contributed by atoms with Crippen LogP contribution in [0.5, 0.6) is 0 Å². The van der Waals surface area contributed by atoms with Gasteiger partial charge < -0.3 is 5.32 Å². The molecule has 104 valence electrons. The Hall–Kier alpha value is -2.19. The van der Waals surface area contributed by atoms with Crippen molar-refractivity contribution < 1.29 is 4.39 Å². The minimum absolute atomic E-state index is 0.181. The molecule has 20 heavy (non-hydrogen) atoms. The van der Waals surface area contributed by atoms with Crippen LogP contribution in [0, 0.1) is 23.1 Å². The van der Waals surface area contributed by atoms with Crippen molar-refractivity contribution in [1.29, 1.82) is 5.26 Å². The Kier molecular flexibility index (Phi) is 4.49. The molecule has 1 aromatic carbocycles. The van der Waals surface area contributed by atoms with E-state index in [1.807, 2.05) is 12.1 Å². The van der Waals surface area contributed by atoms with Crippen molar-refractivity contribution >= 4 is 0 Å². The van der Waals surface area contributed by atoms with Crippen LogP contribution in [0.4, 0.5) is 4.39 Å². The van der Waals surface area contributed by atoms with Gasteiger partial charge in [-0.1, -0.05) is 26.0 Å². The van der Waals surface area contributed by atoms with Gasteiger partial charge >= 0.3 is 0 Å². The normalized spacial score (nSPS) is 10.8. The maximum atomic E-state index is 14.1. The third kappa shape index (κ3) is 3.03. The fourth-order valence-corrected chi connectivity index (χ4v) is 2.03. The minimum Gasteiger partial charge on any atom is -0.312 e. The number of aromatic nitrogens is 2. The van der Waals surface area contributed by atoms with E-state index in [-0.39, 0.29) is 11.6 Å². The zero-order valence-corrected chi connectivity index (χ0v) is 11.6. The Morgan fingerprint density at radius 1 is 1.45 bits per heavy atom. The van der Waals surface area contributed by atoms with Gasteiger partial charge in [0.1, 0.15) is 11.9 Å². The van der Waals surface area contributed by atoms with Gasteiger partial charge in [0.15, 0.2) is 0 Å². The Balaban J connectivity index is 2.35. The lowest BCUT2D eigenvalue weighted by molar-refractivity contribution is 0.548. The number of imidazole rings is 1. The minimum atomic E-state index is -0.358. The Bertz CT molecular complexity index is 625. The van der Waals surface area contributed by atoms with E-state index in [1.54, 1.807) is 12.3 Å². The molecule has 1 N–H and O–H groups in total. The molecule has 0 bridgehead atoms. The van der Waals surface area contributed by atoms with E-state index < -0.39 is 0 Å². The van der Waals surface area contributed by atoms with Crippen molar-refractivity contribution in [3.63, 3.8) is 0 Å². The molecule has 1 aromatic heterocycles. The molecule has 5 heteroatoms. The highest BCUT2D eigenvalue weighted by molar-refractivity contribution is 5.44.